The van der Waals surface area contributed by atoms with E-state index in [0.717, 1.165) is 31.7 Å². The summed E-state index contributed by atoms with van der Waals surface area (Å²) in [6.45, 7) is 15.7. The van der Waals surface area contributed by atoms with E-state index >= 15 is 0 Å². The molecule has 1 fully saturated rings. The van der Waals surface area contributed by atoms with Crippen LogP contribution in [0.25, 0.3) is 0 Å². The number of nitrogens with zero attached hydrogens (tertiary/aromatic N) is 3. The Morgan fingerprint density at radius 1 is 1.10 bits per heavy atom. The predicted molar refractivity (Wildman–Crippen MR) is 93.4 cm³/mol. The van der Waals surface area contributed by atoms with E-state index in [4.69, 9.17) is 0 Å². The molecule has 1 aliphatic rings. The van der Waals surface area contributed by atoms with E-state index in [9.17, 15) is 0 Å². The molecule has 0 saturated carbocycles. The lowest BCUT2D eigenvalue weighted by Crippen LogP contribution is -2.48. The average molecular weight is 302 g/mol. The van der Waals surface area contributed by atoms with E-state index in [1.54, 1.807) is 0 Å². The fourth-order valence-electron chi connectivity index (χ4n) is 2.43. The van der Waals surface area contributed by atoms with Gasteiger partial charge in [0.05, 0.1) is 11.9 Å². The minimum Gasteiger partial charge on any atom is -0.368 e. The zero-order valence-electron chi connectivity index (χ0n) is 14.0. The lowest BCUT2D eigenvalue weighted by Gasteiger charge is -2.38. The third kappa shape index (κ3) is 4.87. The van der Waals surface area contributed by atoms with Crippen LogP contribution in [-0.2, 0) is 0 Å². The number of hydrogen-bond donors (Lipinski definition) is 0. The van der Waals surface area contributed by atoms with Crippen LogP contribution in [0.3, 0.4) is 0 Å². The Hall–Kier alpha value is -1.31. The molecule has 0 radical (unpaired) electrons. The summed E-state index contributed by atoms with van der Waals surface area (Å²) in [5.74, 6) is 3.30. The standard InChI is InChI=1S/C17H27N3Si/c1-15(2)19-7-9-20(10-8-19)17-12-16(13-18-14-17)6-11-21(3,4)5/h12-15H,7-10H2,1-5H3. The molecule has 0 unspecified atom stereocenters. The second-order valence-corrected chi connectivity index (χ2v) is 11.8. The van der Waals surface area contributed by atoms with Crippen LogP contribution in [0.15, 0.2) is 18.5 Å². The van der Waals surface area contributed by atoms with Gasteiger partial charge in [-0.2, -0.15) is 0 Å². The lowest BCUT2D eigenvalue weighted by atomic mass is 10.2. The van der Waals surface area contributed by atoms with Gasteiger partial charge in [0.2, 0.25) is 0 Å². The van der Waals surface area contributed by atoms with E-state index in [1.807, 2.05) is 12.4 Å². The van der Waals surface area contributed by atoms with Crippen LogP contribution in [0.4, 0.5) is 5.69 Å². The summed E-state index contributed by atoms with van der Waals surface area (Å²) in [5.41, 5.74) is 5.66. The van der Waals surface area contributed by atoms with E-state index in [1.165, 1.54) is 5.69 Å². The number of pyridine rings is 1. The second-order valence-electron chi connectivity index (χ2n) is 7.05. The van der Waals surface area contributed by atoms with Crippen LogP contribution < -0.4 is 4.90 Å². The molecule has 0 spiro atoms. The predicted octanol–water partition coefficient (Wildman–Crippen LogP) is 2.84. The summed E-state index contributed by atoms with van der Waals surface area (Å²) in [7, 11) is -1.33. The van der Waals surface area contributed by atoms with Crippen molar-refractivity contribution in [3.8, 4) is 11.5 Å². The monoisotopic (exact) mass is 301 g/mol. The van der Waals surface area contributed by atoms with Gasteiger partial charge in [0, 0.05) is 44.0 Å². The molecule has 21 heavy (non-hydrogen) atoms. The summed E-state index contributed by atoms with van der Waals surface area (Å²) >= 11 is 0. The molecule has 2 heterocycles. The van der Waals surface area contributed by atoms with E-state index in [-0.39, 0.29) is 0 Å². The summed E-state index contributed by atoms with van der Waals surface area (Å²) in [6, 6.07) is 2.82. The molecule has 0 aromatic carbocycles. The smallest absolute Gasteiger partial charge is 0.129 e. The third-order valence-corrected chi connectivity index (χ3v) is 4.59. The molecule has 0 atom stereocenters. The second kappa shape index (κ2) is 6.63. The maximum Gasteiger partial charge on any atom is 0.129 e. The van der Waals surface area contributed by atoms with Crippen molar-refractivity contribution < 1.29 is 0 Å². The number of piperazine rings is 1. The molecular weight excluding hydrogens is 274 g/mol. The topological polar surface area (TPSA) is 19.4 Å². The molecule has 0 N–H and O–H groups in total. The Kier molecular flexibility index (Phi) is 5.07. The van der Waals surface area contributed by atoms with E-state index < -0.39 is 8.07 Å². The quantitative estimate of drug-likeness (QED) is 0.618. The van der Waals surface area contributed by atoms with Gasteiger partial charge in [0.1, 0.15) is 8.07 Å². The van der Waals surface area contributed by atoms with Crippen LogP contribution >= 0.6 is 0 Å². The number of aromatic nitrogens is 1. The average Bonchev–Trinajstić information content (AvgIpc) is 2.45. The van der Waals surface area contributed by atoms with Gasteiger partial charge in [-0.1, -0.05) is 25.6 Å². The normalized spacial score (nSPS) is 16.8. The van der Waals surface area contributed by atoms with E-state index in [2.05, 4.69) is 65.8 Å². The van der Waals surface area contributed by atoms with Crippen LogP contribution in [0.5, 0.6) is 0 Å². The minimum absolute atomic E-state index is 0.638. The van der Waals surface area contributed by atoms with Gasteiger partial charge in [0.25, 0.3) is 0 Å². The fourth-order valence-corrected chi connectivity index (χ4v) is 2.94. The molecule has 1 aromatic rings. The molecule has 0 amide bonds. The van der Waals surface area contributed by atoms with Gasteiger partial charge < -0.3 is 4.90 Å². The van der Waals surface area contributed by atoms with Gasteiger partial charge in [-0.15, -0.1) is 5.54 Å². The summed E-state index contributed by atoms with van der Waals surface area (Å²) in [4.78, 5) is 9.32. The largest absolute Gasteiger partial charge is 0.368 e. The van der Waals surface area contributed by atoms with Crippen molar-refractivity contribution in [1.29, 1.82) is 0 Å². The van der Waals surface area contributed by atoms with Gasteiger partial charge in [-0.25, -0.2) is 0 Å². The van der Waals surface area contributed by atoms with Gasteiger partial charge in [-0.05, 0) is 19.9 Å². The Morgan fingerprint density at radius 2 is 1.76 bits per heavy atom. The highest BCUT2D eigenvalue weighted by atomic mass is 28.3. The van der Waals surface area contributed by atoms with Crippen molar-refractivity contribution in [2.45, 2.75) is 39.5 Å². The van der Waals surface area contributed by atoms with Crippen molar-refractivity contribution >= 4 is 13.8 Å². The Bertz CT molecular complexity index is 529. The first-order chi connectivity index (χ1) is 9.85. The van der Waals surface area contributed by atoms with Crippen LogP contribution in [0, 0.1) is 11.5 Å². The Morgan fingerprint density at radius 3 is 2.33 bits per heavy atom. The molecule has 4 heteroatoms. The van der Waals surface area contributed by atoms with Crippen LogP contribution in [0.1, 0.15) is 19.4 Å². The van der Waals surface area contributed by atoms with Gasteiger partial charge in [0.15, 0.2) is 0 Å². The third-order valence-electron chi connectivity index (χ3n) is 3.72. The van der Waals surface area contributed by atoms with Crippen LogP contribution in [-0.4, -0.2) is 50.2 Å². The number of rotatable bonds is 2. The Balaban J connectivity index is 2.06. The van der Waals surface area contributed by atoms with Crippen molar-refractivity contribution in [3.05, 3.63) is 24.0 Å². The maximum atomic E-state index is 4.37. The van der Waals surface area contributed by atoms with Gasteiger partial charge >= 0.3 is 0 Å². The van der Waals surface area contributed by atoms with Crippen molar-refractivity contribution in [2.24, 2.45) is 0 Å². The summed E-state index contributed by atoms with van der Waals surface area (Å²) in [6.07, 6.45) is 3.84. The Labute approximate surface area is 130 Å². The first-order valence-electron chi connectivity index (χ1n) is 7.82. The molecule has 0 bridgehead atoms. The maximum absolute atomic E-state index is 4.37. The lowest BCUT2D eigenvalue weighted by molar-refractivity contribution is 0.209. The molecule has 2 rings (SSSR count). The van der Waals surface area contributed by atoms with Crippen LogP contribution in [0.2, 0.25) is 19.6 Å². The van der Waals surface area contributed by atoms with Crippen molar-refractivity contribution in [1.82, 2.24) is 9.88 Å². The minimum atomic E-state index is -1.33. The molecular formula is C17H27N3Si. The SMILES string of the molecule is CC(C)N1CCN(c2cncc(C#C[Si](C)(C)C)c2)CC1. The summed E-state index contributed by atoms with van der Waals surface area (Å²) in [5, 5.41) is 0. The molecule has 3 nitrogen and oxygen atoms in total. The first-order valence-corrected chi connectivity index (χ1v) is 11.3. The number of anilines is 1. The summed E-state index contributed by atoms with van der Waals surface area (Å²) < 4.78 is 0. The van der Waals surface area contributed by atoms with Gasteiger partial charge in [-0.3, -0.25) is 9.88 Å². The zero-order valence-corrected chi connectivity index (χ0v) is 15.0. The molecule has 0 aliphatic carbocycles. The molecule has 1 aromatic heterocycles. The fraction of sp³-hybridized carbons (Fsp3) is 0.588. The molecule has 1 saturated heterocycles. The van der Waals surface area contributed by atoms with Crippen molar-refractivity contribution in [3.63, 3.8) is 0 Å². The first kappa shape index (κ1) is 16.1. The molecule has 114 valence electrons. The van der Waals surface area contributed by atoms with Crippen molar-refractivity contribution in [2.75, 3.05) is 31.1 Å². The highest BCUT2D eigenvalue weighted by Gasteiger charge is 2.19. The highest BCUT2D eigenvalue weighted by Crippen LogP contribution is 2.17. The highest BCUT2D eigenvalue weighted by molar-refractivity contribution is 6.83. The zero-order chi connectivity index (χ0) is 15.5. The molecule has 1 aliphatic heterocycles. The van der Waals surface area contributed by atoms with E-state index in [0.29, 0.717) is 6.04 Å². The number of hydrogen-bond acceptors (Lipinski definition) is 3.